The number of ether oxygens (including phenoxy) is 1. The molecule has 0 unspecified atom stereocenters. The third-order valence-corrected chi connectivity index (χ3v) is 9.96. The lowest BCUT2D eigenvalue weighted by Crippen LogP contribution is -2.50. The Bertz CT molecular complexity index is 1730. The molecular weight excluding hydrogens is 634 g/mol. The van der Waals surface area contributed by atoms with Gasteiger partial charge in [0.1, 0.15) is 11.8 Å². The Kier molecular flexibility index (Phi) is 11.7. The van der Waals surface area contributed by atoms with Gasteiger partial charge in [-0.1, -0.05) is 78.3 Å². The van der Waals surface area contributed by atoms with Crippen molar-refractivity contribution in [3.63, 3.8) is 0 Å². The topological polar surface area (TPSA) is 105 Å². The van der Waals surface area contributed by atoms with Crippen molar-refractivity contribution in [2.75, 3.05) is 13.7 Å². The molecule has 0 saturated heterocycles. The van der Waals surface area contributed by atoms with E-state index in [0.29, 0.717) is 30.8 Å². The number of amides is 2. The first kappa shape index (κ1) is 34.2. The minimum absolute atomic E-state index is 0.0207. The van der Waals surface area contributed by atoms with Gasteiger partial charge >= 0.3 is 0 Å². The maximum atomic E-state index is 14.0. The first-order chi connectivity index (χ1) is 22.7. The van der Waals surface area contributed by atoms with Gasteiger partial charge in [0.25, 0.3) is 0 Å². The van der Waals surface area contributed by atoms with Crippen LogP contribution in [0.1, 0.15) is 41.5 Å². The number of methoxy groups -OCH3 is 1. The van der Waals surface area contributed by atoms with E-state index < -0.39 is 16.1 Å². The zero-order chi connectivity index (χ0) is 33.2. The van der Waals surface area contributed by atoms with Gasteiger partial charge in [0.15, 0.2) is 0 Å². The van der Waals surface area contributed by atoms with Gasteiger partial charge in [0, 0.05) is 37.0 Å². The highest BCUT2D eigenvalue weighted by Gasteiger charge is 2.31. The molecule has 0 aliphatic heterocycles. The molecule has 2 amide bonds. The molecule has 1 fully saturated rings. The van der Waals surface area contributed by atoms with Gasteiger partial charge < -0.3 is 15.0 Å². The van der Waals surface area contributed by atoms with Crippen LogP contribution in [-0.4, -0.2) is 50.9 Å². The van der Waals surface area contributed by atoms with Crippen LogP contribution in [0.3, 0.4) is 0 Å². The average molecular weight is 674 g/mol. The van der Waals surface area contributed by atoms with Crippen molar-refractivity contribution >= 4 is 33.4 Å². The van der Waals surface area contributed by atoms with E-state index in [0.717, 1.165) is 40.8 Å². The van der Waals surface area contributed by atoms with Crippen molar-refractivity contribution in [3.8, 4) is 5.75 Å². The molecule has 1 aliphatic carbocycles. The summed E-state index contributed by atoms with van der Waals surface area (Å²) in [6, 6.07) is 30.5. The molecule has 8 nitrogen and oxygen atoms in total. The fraction of sp³-hybridized carbons (Fsp3) is 0.297. The van der Waals surface area contributed by atoms with Crippen LogP contribution in [0.2, 0.25) is 5.02 Å². The molecule has 0 aromatic heterocycles. The molecule has 47 heavy (non-hydrogen) atoms. The van der Waals surface area contributed by atoms with E-state index in [1.807, 2.05) is 66.7 Å². The molecule has 0 radical (unpaired) electrons. The van der Waals surface area contributed by atoms with E-state index in [4.69, 9.17) is 16.3 Å². The Morgan fingerprint density at radius 3 is 2.09 bits per heavy atom. The van der Waals surface area contributed by atoms with Crippen molar-refractivity contribution in [2.24, 2.45) is 0 Å². The molecule has 5 rings (SSSR count). The van der Waals surface area contributed by atoms with Crippen molar-refractivity contribution in [1.82, 2.24) is 14.9 Å². The maximum Gasteiger partial charge on any atom is 0.243 e. The third kappa shape index (κ3) is 10.2. The number of carbonyl (C=O) groups is 2. The first-order valence-corrected chi connectivity index (χ1v) is 17.7. The summed E-state index contributed by atoms with van der Waals surface area (Å²) >= 11 is 6.15. The highest BCUT2D eigenvalue weighted by atomic mass is 35.5. The van der Waals surface area contributed by atoms with Gasteiger partial charge in [-0.25, -0.2) is 13.1 Å². The van der Waals surface area contributed by atoms with E-state index in [2.05, 4.69) is 10.0 Å². The lowest BCUT2D eigenvalue weighted by molar-refractivity contribution is -0.141. The molecule has 246 valence electrons. The Balaban J connectivity index is 1.33. The number of hydrogen-bond donors (Lipinski definition) is 2. The van der Waals surface area contributed by atoms with E-state index in [-0.39, 0.29) is 35.7 Å². The van der Waals surface area contributed by atoms with Gasteiger partial charge in [0.05, 0.1) is 12.0 Å². The number of hydrogen-bond acceptors (Lipinski definition) is 5. The maximum absolute atomic E-state index is 14.0. The normalized spacial score (nSPS) is 13.5. The summed E-state index contributed by atoms with van der Waals surface area (Å²) in [7, 11) is -1.94. The minimum Gasteiger partial charge on any atom is -0.497 e. The second kappa shape index (κ2) is 16.1. The van der Waals surface area contributed by atoms with Gasteiger partial charge in [-0.2, -0.15) is 0 Å². The largest absolute Gasteiger partial charge is 0.497 e. The molecule has 0 heterocycles. The lowest BCUT2D eigenvalue weighted by atomic mass is 10.0. The Labute approximate surface area is 282 Å². The summed E-state index contributed by atoms with van der Waals surface area (Å²) in [6.07, 6.45) is 3.22. The van der Waals surface area contributed by atoms with E-state index in [9.17, 15) is 18.0 Å². The number of benzene rings is 4. The monoisotopic (exact) mass is 673 g/mol. The summed E-state index contributed by atoms with van der Waals surface area (Å²) in [6.45, 7) is 0.633. The smallest absolute Gasteiger partial charge is 0.243 e. The first-order valence-electron chi connectivity index (χ1n) is 15.8. The van der Waals surface area contributed by atoms with Gasteiger partial charge in [-0.3, -0.25) is 9.59 Å². The zero-order valence-corrected chi connectivity index (χ0v) is 28.0. The highest BCUT2D eigenvalue weighted by Crippen LogP contribution is 2.23. The number of sulfonamides is 1. The fourth-order valence-electron chi connectivity index (χ4n) is 5.30. The molecule has 1 atom stereocenters. The third-order valence-electron chi connectivity index (χ3n) is 8.17. The number of rotatable bonds is 16. The highest BCUT2D eigenvalue weighted by molar-refractivity contribution is 7.89. The van der Waals surface area contributed by atoms with Crippen LogP contribution in [0.4, 0.5) is 0 Å². The number of aryl methyl sites for hydroxylation is 1. The van der Waals surface area contributed by atoms with Crippen molar-refractivity contribution in [2.45, 2.75) is 62.0 Å². The van der Waals surface area contributed by atoms with Crippen molar-refractivity contribution < 1.29 is 22.7 Å². The van der Waals surface area contributed by atoms with E-state index in [1.54, 1.807) is 48.4 Å². The fourth-order valence-corrected chi connectivity index (χ4v) is 6.73. The van der Waals surface area contributed by atoms with Crippen LogP contribution in [0.15, 0.2) is 108 Å². The zero-order valence-electron chi connectivity index (χ0n) is 26.4. The van der Waals surface area contributed by atoms with Crippen LogP contribution in [0.5, 0.6) is 5.75 Å². The second-order valence-electron chi connectivity index (χ2n) is 11.8. The second-order valence-corrected chi connectivity index (χ2v) is 13.9. The Morgan fingerprint density at radius 2 is 1.45 bits per heavy atom. The Hall–Kier alpha value is -4.18. The Morgan fingerprint density at radius 1 is 0.830 bits per heavy atom. The molecule has 1 saturated carbocycles. The van der Waals surface area contributed by atoms with Crippen LogP contribution < -0.4 is 14.8 Å². The molecule has 1 aliphatic rings. The predicted molar refractivity (Wildman–Crippen MR) is 184 cm³/mol. The van der Waals surface area contributed by atoms with Crippen LogP contribution in [0, 0.1) is 0 Å². The summed E-state index contributed by atoms with van der Waals surface area (Å²) in [5, 5.41) is 3.66. The van der Waals surface area contributed by atoms with Crippen molar-refractivity contribution in [3.05, 3.63) is 130 Å². The molecule has 2 N–H and O–H groups in total. The molecule has 4 aromatic rings. The van der Waals surface area contributed by atoms with E-state index in [1.165, 1.54) is 0 Å². The number of halogens is 1. The van der Waals surface area contributed by atoms with Gasteiger partial charge in [-0.15, -0.1) is 0 Å². The average Bonchev–Trinajstić information content (AvgIpc) is 3.90. The summed E-state index contributed by atoms with van der Waals surface area (Å²) in [5.74, 6) is 0.351. The van der Waals surface area contributed by atoms with Crippen LogP contribution in [0.25, 0.3) is 0 Å². The standard InChI is InChI=1S/C37H40ClN3O5S/c1-46-33-18-9-28(10-19-33)23-24-39-37(43)35(25-29-5-3-2-4-6-29)41(26-30-7-14-31(38)15-8-30)36(42)22-13-27-11-20-34(21-12-27)47(44,45)40-32-16-17-32/h2-12,14-15,18-21,32,35,40H,13,16-17,22-26H2,1H3,(H,39,43)/t35-/m1/s1. The van der Waals surface area contributed by atoms with Crippen LogP contribution >= 0.6 is 11.6 Å². The summed E-state index contributed by atoms with van der Waals surface area (Å²) in [5.41, 5.74) is 3.68. The quantitative estimate of drug-likeness (QED) is 0.158. The molecule has 0 bridgehead atoms. The number of carbonyl (C=O) groups excluding carboxylic acids is 2. The van der Waals surface area contributed by atoms with Gasteiger partial charge in [0.2, 0.25) is 21.8 Å². The summed E-state index contributed by atoms with van der Waals surface area (Å²) in [4.78, 5) is 29.8. The van der Waals surface area contributed by atoms with E-state index >= 15 is 0 Å². The van der Waals surface area contributed by atoms with Crippen molar-refractivity contribution in [1.29, 1.82) is 0 Å². The van der Waals surface area contributed by atoms with Gasteiger partial charge in [-0.05, 0) is 84.3 Å². The summed E-state index contributed by atoms with van der Waals surface area (Å²) < 4.78 is 33.1. The lowest BCUT2D eigenvalue weighted by Gasteiger charge is -2.32. The predicted octanol–water partition coefficient (Wildman–Crippen LogP) is 5.72. The molecular formula is C37H40ClN3O5S. The molecule has 4 aromatic carbocycles. The molecule has 10 heteroatoms. The number of nitrogens with one attached hydrogen (secondary N) is 2. The number of nitrogens with zero attached hydrogens (tertiary/aromatic N) is 1. The minimum atomic E-state index is -3.56. The molecule has 0 spiro atoms. The SMILES string of the molecule is COc1ccc(CCNC(=O)[C@@H](Cc2ccccc2)N(Cc2ccc(Cl)cc2)C(=O)CCc2ccc(S(=O)(=O)NC3CC3)cc2)cc1. The van der Waals surface area contributed by atoms with Crippen LogP contribution in [-0.2, 0) is 45.4 Å².